The number of piperidine rings is 1. The van der Waals surface area contributed by atoms with Gasteiger partial charge in [-0.25, -0.2) is 0 Å². The van der Waals surface area contributed by atoms with Crippen LogP contribution in [0.25, 0.3) is 11.0 Å². The Morgan fingerprint density at radius 3 is 2.89 bits per heavy atom. The van der Waals surface area contributed by atoms with Crippen LogP contribution in [0.2, 0.25) is 5.02 Å². The zero-order valence-electron chi connectivity index (χ0n) is 10.3. The zero-order chi connectivity index (χ0) is 12.5. The van der Waals surface area contributed by atoms with E-state index in [9.17, 15) is 0 Å². The first kappa shape index (κ1) is 11.9. The van der Waals surface area contributed by atoms with Crippen LogP contribution in [0.3, 0.4) is 0 Å². The van der Waals surface area contributed by atoms with Gasteiger partial charge in [-0.3, -0.25) is 0 Å². The second kappa shape index (κ2) is 4.82. The summed E-state index contributed by atoms with van der Waals surface area (Å²) in [5.74, 6) is 1.28. The van der Waals surface area contributed by atoms with Crippen LogP contribution in [0.4, 0.5) is 0 Å². The van der Waals surface area contributed by atoms with Crippen LogP contribution in [0.1, 0.15) is 24.3 Å². The molecular weight excluding hydrogens is 250 g/mol. The third-order valence-corrected chi connectivity index (χ3v) is 4.09. The lowest BCUT2D eigenvalue weighted by Gasteiger charge is -2.24. The molecular formula is C14H16ClNO2. The topological polar surface area (TPSA) is 34.4 Å². The maximum absolute atomic E-state index is 6.51. The van der Waals surface area contributed by atoms with Crippen molar-refractivity contribution in [3.63, 3.8) is 0 Å². The highest BCUT2D eigenvalue weighted by molar-refractivity contribution is 6.36. The lowest BCUT2D eigenvalue weighted by molar-refractivity contribution is 0.407. The molecule has 0 atom stereocenters. The minimum Gasteiger partial charge on any atom is -0.493 e. The Morgan fingerprint density at radius 1 is 1.39 bits per heavy atom. The highest BCUT2D eigenvalue weighted by Gasteiger charge is 2.22. The van der Waals surface area contributed by atoms with E-state index in [2.05, 4.69) is 5.32 Å². The Bertz CT molecular complexity index is 558. The lowest BCUT2D eigenvalue weighted by Crippen LogP contribution is -2.26. The van der Waals surface area contributed by atoms with Gasteiger partial charge in [0.1, 0.15) is 0 Å². The molecule has 1 saturated heterocycles. The first-order valence-electron chi connectivity index (χ1n) is 6.25. The number of halogens is 1. The van der Waals surface area contributed by atoms with Crippen molar-refractivity contribution >= 4 is 22.6 Å². The second-order valence-corrected chi connectivity index (χ2v) is 5.05. The Labute approximate surface area is 111 Å². The fourth-order valence-corrected chi connectivity index (χ4v) is 3.04. The van der Waals surface area contributed by atoms with Crippen molar-refractivity contribution in [1.82, 2.24) is 5.32 Å². The molecule has 1 fully saturated rings. The van der Waals surface area contributed by atoms with E-state index in [1.807, 2.05) is 12.1 Å². The van der Waals surface area contributed by atoms with Gasteiger partial charge in [0.05, 0.1) is 18.4 Å². The Hall–Kier alpha value is -1.19. The van der Waals surface area contributed by atoms with E-state index >= 15 is 0 Å². The minimum absolute atomic E-state index is 0.506. The van der Waals surface area contributed by atoms with Crippen LogP contribution in [-0.2, 0) is 0 Å². The molecule has 96 valence electrons. The van der Waals surface area contributed by atoms with Gasteiger partial charge >= 0.3 is 0 Å². The molecule has 0 amide bonds. The molecule has 0 spiro atoms. The van der Waals surface area contributed by atoms with E-state index in [0.717, 1.165) is 47.7 Å². The van der Waals surface area contributed by atoms with Gasteiger partial charge in [0.2, 0.25) is 0 Å². The summed E-state index contributed by atoms with van der Waals surface area (Å²) in [6.07, 6.45) is 3.89. The van der Waals surface area contributed by atoms with Crippen LogP contribution in [0.5, 0.6) is 5.75 Å². The predicted octanol–water partition coefficient (Wildman–Crippen LogP) is 3.56. The average Bonchev–Trinajstić information content (AvgIpc) is 2.90. The van der Waals surface area contributed by atoms with Crippen LogP contribution in [0, 0.1) is 0 Å². The molecule has 0 bridgehead atoms. The molecule has 3 nitrogen and oxygen atoms in total. The summed E-state index contributed by atoms with van der Waals surface area (Å²) in [7, 11) is 1.66. The monoisotopic (exact) mass is 265 g/mol. The number of rotatable bonds is 2. The van der Waals surface area contributed by atoms with Crippen LogP contribution >= 0.6 is 11.6 Å². The third kappa shape index (κ3) is 1.88. The lowest BCUT2D eigenvalue weighted by atomic mass is 9.89. The van der Waals surface area contributed by atoms with Gasteiger partial charge in [0.25, 0.3) is 0 Å². The number of hydrogen-bond acceptors (Lipinski definition) is 3. The quantitative estimate of drug-likeness (QED) is 0.902. The number of fused-ring (bicyclic) bond motifs is 1. The molecule has 1 aliphatic heterocycles. The number of ether oxygens (including phenoxy) is 1. The normalized spacial score (nSPS) is 17.2. The maximum Gasteiger partial charge on any atom is 0.177 e. The maximum atomic E-state index is 6.51. The SMILES string of the molecule is COc1cc(C2CCNCC2)c(Cl)c2ccoc12. The number of nitrogens with one attached hydrogen (secondary N) is 1. The highest BCUT2D eigenvalue weighted by atomic mass is 35.5. The summed E-state index contributed by atoms with van der Waals surface area (Å²) < 4.78 is 10.8. The molecule has 2 aromatic rings. The largest absolute Gasteiger partial charge is 0.493 e. The number of methoxy groups -OCH3 is 1. The van der Waals surface area contributed by atoms with Crippen LogP contribution in [0.15, 0.2) is 22.8 Å². The summed E-state index contributed by atoms with van der Waals surface area (Å²) in [6.45, 7) is 2.10. The molecule has 0 radical (unpaired) electrons. The van der Waals surface area contributed by atoms with E-state index in [1.54, 1.807) is 13.4 Å². The van der Waals surface area contributed by atoms with Crippen molar-refractivity contribution in [2.75, 3.05) is 20.2 Å². The van der Waals surface area contributed by atoms with Crippen molar-refractivity contribution in [2.45, 2.75) is 18.8 Å². The van der Waals surface area contributed by atoms with E-state index < -0.39 is 0 Å². The number of hydrogen-bond donors (Lipinski definition) is 1. The van der Waals surface area contributed by atoms with E-state index in [4.69, 9.17) is 20.8 Å². The molecule has 0 saturated carbocycles. The highest BCUT2D eigenvalue weighted by Crippen LogP contribution is 2.40. The molecule has 2 heterocycles. The number of furan rings is 1. The van der Waals surface area contributed by atoms with Crippen molar-refractivity contribution in [3.05, 3.63) is 29.0 Å². The molecule has 18 heavy (non-hydrogen) atoms. The summed E-state index contributed by atoms with van der Waals surface area (Å²) in [6, 6.07) is 3.94. The molecule has 1 aromatic carbocycles. The second-order valence-electron chi connectivity index (χ2n) is 4.67. The van der Waals surface area contributed by atoms with Gasteiger partial charge in [-0.15, -0.1) is 0 Å². The molecule has 1 aliphatic rings. The number of benzene rings is 1. The van der Waals surface area contributed by atoms with Crippen molar-refractivity contribution in [1.29, 1.82) is 0 Å². The minimum atomic E-state index is 0.506. The first-order valence-corrected chi connectivity index (χ1v) is 6.63. The molecule has 4 heteroatoms. The Kier molecular flexibility index (Phi) is 3.18. The first-order chi connectivity index (χ1) is 8.81. The fourth-order valence-electron chi connectivity index (χ4n) is 2.68. The van der Waals surface area contributed by atoms with Gasteiger partial charge in [-0.05, 0) is 49.5 Å². The van der Waals surface area contributed by atoms with Crippen molar-refractivity contribution < 1.29 is 9.15 Å². The molecule has 0 unspecified atom stereocenters. The Balaban J connectivity index is 2.12. The van der Waals surface area contributed by atoms with Gasteiger partial charge in [0.15, 0.2) is 11.3 Å². The van der Waals surface area contributed by atoms with Crippen LogP contribution in [-0.4, -0.2) is 20.2 Å². The molecule has 3 rings (SSSR count). The third-order valence-electron chi connectivity index (χ3n) is 3.66. The predicted molar refractivity (Wildman–Crippen MR) is 72.6 cm³/mol. The van der Waals surface area contributed by atoms with Gasteiger partial charge in [-0.2, -0.15) is 0 Å². The summed E-state index contributed by atoms with van der Waals surface area (Å²) >= 11 is 6.51. The molecule has 1 N–H and O–H groups in total. The summed E-state index contributed by atoms with van der Waals surface area (Å²) in [5.41, 5.74) is 1.92. The van der Waals surface area contributed by atoms with E-state index in [-0.39, 0.29) is 0 Å². The van der Waals surface area contributed by atoms with Gasteiger partial charge < -0.3 is 14.5 Å². The van der Waals surface area contributed by atoms with Crippen molar-refractivity contribution in [3.8, 4) is 5.75 Å². The zero-order valence-corrected chi connectivity index (χ0v) is 11.1. The smallest absolute Gasteiger partial charge is 0.177 e. The van der Waals surface area contributed by atoms with E-state index in [1.165, 1.54) is 5.56 Å². The molecule has 1 aromatic heterocycles. The van der Waals surface area contributed by atoms with Gasteiger partial charge in [0, 0.05) is 5.39 Å². The van der Waals surface area contributed by atoms with Crippen LogP contribution < -0.4 is 10.1 Å². The Morgan fingerprint density at radius 2 is 2.17 bits per heavy atom. The fraction of sp³-hybridized carbons (Fsp3) is 0.429. The van der Waals surface area contributed by atoms with Crippen molar-refractivity contribution in [2.24, 2.45) is 0 Å². The molecule has 0 aliphatic carbocycles. The van der Waals surface area contributed by atoms with E-state index in [0.29, 0.717) is 5.92 Å². The average molecular weight is 266 g/mol. The summed E-state index contributed by atoms with van der Waals surface area (Å²) in [4.78, 5) is 0. The standard InChI is InChI=1S/C14H16ClNO2/c1-17-12-8-11(9-2-5-16-6-3-9)13(15)10-4-7-18-14(10)12/h4,7-9,16H,2-3,5-6H2,1H3. The van der Waals surface area contributed by atoms with Gasteiger partial charge in [-0.1, -0.05) is 11.6 Å². The summed E-state index contributed by atoms with van der Waals surface area (Å²) in [5, 5.41) is 5.13.